The molecule has 0 saturated carbocycles. The summed E-state index contributed by atoms with van der Waals surface area (Å²) in [6.45, 7) is 5.60. The molecule has 1 atom stereocenters. The molecule has 0 bridgehead atoms. The van der Waals surface area contributed by atoms with Gasteiger partial charge in [-0.2, -0.15) is 0 Å². The van der Waals surface area contributed by atoms with E-state index >= 15 is 0 Å². The zero-order valence-corrected chi connectivity index (χ0v) is 7.01. The van der Waals surface area contributed by atoms with Gasteiger partial charge in [0, 0.05) is 19.1 Å². The van der Waals surface area contributed by atoms with Crippen molar-refractivity contribution in [1.29, 1.82) is 0 Å². The SMILES string of the molecule is CCN(C)CC1CCC[N]1. The molecule has 1 rings (SSSR count). The van der Waals surface area contributed by atoms with Crippen molar-refractivity contribution in [2.75, 3.05) is 26.7 Å². The fraction of sp³-hybridized carbons (Fsp3) is 1.00. The predicted octanol–water partition coefficient (Wildman–Crippen LogP) is 0.705. The normalized spacial score (nSPS) is 26.1. The highest BCUT2D eigenvalue weighted by atomic mass is 15.1. The van der Waals surface area contributed by atoms with Crippen molar-refractivity contribution in [2.24, 2.45) is 0 Å². The van der Waals surface area contributed by atoms with Crippen molar-refractivity contribution < 1.29 is 0 Å². The Labute approximate surface area is 63.6 Å². The van der Waals surface area contributed by atoms with Crippen LogP contribution < -0.4 is 5.32 Å². The largest absolute Gasteiger partial charge is 0.305 e. The van der Waals surface area contributed by atoms with Crippen LogP contribution in [0.25, 0.3) is 0 Å². The van der Waals surface area contributed by atoms with E-state index in [0.717, 1.165) is 19.6 Å². The molecule has 0 aromatic carbocycles. The van der Waals surface area contributed by atoms with Gasteiger partial charge >= 0.3 is 0 Å². The van der Waals surface area contributed by atoms with Crippen molar-refractivity contribution in [3.8, 4) is 0 Å². The Morgan fingerprint density at radius 1 is 1.60 bits per heavy atom. The number of likely N-dealkylation sites (N-methyl/N-ethyl adjacent to an activating group) is 1. The third-order valence-corrected chi connectivity index (χ3v) is 2.15. The van der Waals surface area contributed by atoms with Crippen LogP contribution in [0, 0.1) is 0 Å². The molecule has 2 nitrogen and oxygen atoms in total. The van der Waals surface area contributed by atoms with Gasteiger partial charge < -0.3 is 4.90 Å². The van der Waals surface area contributed by atoms with Crippen molar-refractivity contribution in [2.45, 2.75) is 25.8 Å². The first-order chi connectivity index (χ1) is 4.83. The van der Waals surface area contributed by atoms with Gasteiger partial charge in [-0.25, -0.2) is 5.32 Å². The summed E-state index contributed by atoms with van der Waals surface area (Å²) < 4.78 is 0. The molecule has 0 spiro atoms. The van der Waals surface area contributed by atoms with E-state index in [0.29, 0.717) is 6.04 Å². The van der Waals surface area contributed by atoms with E-state index in [1.165, 1.54) is 12.8 Å². The summed E-state index contributed by atoms with van der Waals surface area (Å²) in [6, 6.07) is 0.643. The van der Waals surface area contributed by atoms with Crippen LogP contribution in [-0.4, -0.2) is 37.6 Å². The zero-order chi connectivity index (χ0) is 7.40. The van der Waals surface area contributed by atoms with Crippen molar-refractivity contribution in [1.82, 2.24) is 10.2 Å². The second-order valence-electron chi connectivity index (χ2n) is 3.06. The van der Waals surface area contributed by atoms with Gasteiger partial charge in [-0.3, -0.25) is 0 Å². The Hall–Kier alpha value is -0.0800. The monoisotopic (exact) mass is 141 g/mol. The molecule has 0 aromatic heterocycles. The summed E-state index contributed by atoms with van der Waals surface area (Å²) in [5.41, 5.74) is 0. The quantitative estimate of drug-likeness (QED) is 0.565. The first-order valence-corrected chi connectivity index (χ1v) is 4.18. The number of hydrogen-bond donors (Lipinski definition) is 0. The van der Waals surface area contributed by atoms with Crippen LogP contribution in [0.3, 0.4) is 0 Å². The molecule has 0 N–H and O–H groups in total. The molecule has 1 heterocycles. The lowest BCUT2D eigenvalue weighted by Crippen LogP contribution is -2.31. The molecule has 1 radical (unpaired) electrons. The van der Waals surface area contributed by atoms with Crippen LogP contribution >= 0.6 is 0 Å². The molecule has 0 aromatic rings. The highest BCUT2D eigenvalue weighted by Gasteiger charge is 2.15. The second-order valence-corrected chi connectivity index (χ2v) is 3.06. The summed E-state index contributed by atoms with van der Waals surface area (Å²) in [6.07, 6.45) is 2.62. The summed E-state index contributed by atoms with van der Waals surface area (Å²) >= 11 is 0. The molecule has 1 unspecified atom stereocenters. The Morgan fingerprint density at radius 3 is 2.90 bits per heavy atom. The van der Waals surface area contributed by atoms with E-state index in [2.05, 4.69) is 24.2 Å². The van der Waals surface area contributed by atoms with Crippen LogP contribution in [-0.2, 0) is 0 Å². The van der Waals surface area contributed by atoms with E-state index in [1.807, 2.05) is 0 Å². The average molecular weight is 141 g/mol. The number of nitrogens with zero attached hydrogens (tertiary/aromatic N) is 2. The third kappa shape index (κ3) is 2.27. The Bertz CT molecular complexity index is 87.3. The summed E-state index contributed by atoms with van der Waals surface area (Å²) in [4.78, 5) is 2.33. The third-order valence-electron chi connectivity index (χ3n) is 2.15. The Morgan fingerprint density at radius 2 is 2.40 bits per heavy atom. The molecular weight excluding hydrogens is 124 g/mol. The Kier molecular flexibility index (Phi) is 3.16. The van der Waals surface area contributed by atoms with E-state index < -0.39 is 0 Å². The van der Waals surface area contributed by atoms with E-state index in [9.17, 15) is 0 Å². The zero-order valence-electron chi connectivity index (χ0n) is 7.01. The fourth-order valence-electron chi connectivity index (χ4n) is 1.33. The summed E-state index contributed by atoms with van der Waals surface area (Å²) in [5.74, 6) is 0. The lowest BCUT2D eigenvalue weighted by Gasteiger charge is -2.17. The topological polar surface area (TPSA) is 17.3 Å². The number of rotatable bonds is 3. The lowest BCUT2D eigenvalue weighted by molar-refractivity contribution is 0.313. The molecule has 2 heteroatoms. The van der Waals surface area contributed by atoms with Gasteiger partial charge in [-0.1, -0.05) is 6.92 Å². The van der Waals surface area contributed by atoms with Crippen molar-refractivity contribution >= 4 is 0 Å². The first-order valence-electron chi connectivity index (χ1n) is 4.18. The van der Waals surface area contributed by atoms with Crippen LogP contribution in [0.15, 0.2) is 0 Å². The van der Waals surface area contributed by atoms with Gasteiger partial charge in [0.1, 0.15) is 0 Å². The molecular formula is C8H17N2. The van der Waals surface area contributed by atoms with Crippen LogP contribution in [0.5, 0.6) is 0 Å². The molecule has 1 fully saturated rings. The minimum absolute atomic E-state index is 0.643. The molecule has 0 aliphatic carbocycles. The Balaban J connectivity index is 2.11. The van der Waals surface area contributed by atoms with E-state index in [4.69, 9.17) is 0 Å². The van der Waals surface area contributed by atoms with Crippen LogP contribution in [0.2, 0.25) is 0 Å². The molecule has 10 heavy (non-hydrogen) atoms. The van der Waals surface area contributed by atoms with Gasteiger partial charge in [0.15, 0.2) is 0 Å². The van der Waals surface area contributed by atoms with Crippen LogP contribution in [0.1, 0.15) is 19.8 Å². The maximum Gasteiger partial charge on any atom is 0.0373 e. The van der Waals surface area contributed by atoms with E-state index in [-0.39, 0.29) is 0 Å². The summed E-state index contributed by atoms with van der Waals surface area (Å²) in [5, 5.41) is 4.48. The minimum atomic E-state index is 0.643. The van der Waals surface area contributed by atoms with Gasteiger partial charge in [0.05, 0.1) is 0 Å². The molecule has 1 aliphatic heterocycles. The molecule has 1 aliphatic rings. The second kappa shape index (κ2) is 3.94. The highest BCUT2D eigenvalue weighted by Crippen LogP contribution is 2.07. The lowest BCUT2D eigenvalue weighted by atomic mass is 10.2. The first kappa shape index (κ1) is 8.02. The maximum atomic E-state index is 4.48. The van der Waals surface area contributed by atoms with Gasteiger partial charge in [0.25, 0.3) is 0 Å². The fourth-order valence-corrected chi connectivity index (χ4v) is 1.33. The smallest absolute Gasteiger partial charge is 0.0373 e. The van der Waals surface area contributed by atoms with E-state index in [1.54, 1.807) is 0 Å². The molecule has 59 valence electrons. The molecule has 1 saturated heterocycles. The van der Waals surface area contributed by atoms with Gasteiger partial charge in [-0.05, 0) is 26.4 Å². The van der Waals surface area contributed by atoms with Gasteiger partial charge in [-0.15, -0.1) is 0 Å². The van der Waals surface area contributed by atoms with Crippen molar-refractivity contribution in [3.05, 3.63) is 0 Å². The highest BCUT2D eigenvalue weighted by molar-refractivity contribution is 4.75. The van der Waals surface area contributed by atoms with Crippen LogP contribution in [0.4, 0.5) is 0 Å². The molecule has 0 amide bonds. The maximum absolute atomic E-state index is 4.48. The number of hydrogen-bond acceptors (Lipinski definition) is 1. The average Bonchev–Trinajstić information content (AvgIpc) is 2.40. The van der Waals surface area contributed by atoms with Gasteiger partial charge in [0.2, 0.25) is 0 Å². The minimum Gasteiger partial charge on any atom is -0.305 e. The predicted molar refractivity (Wildman–Crippen MR) is 43.2 cm³/mol. The standard InChI is InChI=1S/C8H17N2/c1-3-10(2)7-8-5-4-6-9-8/h8H,3-7H2,1-2H3. The van der Waals surface area contributed by atoms with Crippen molar-refractivity contribution in [3.63, 3.8) is 0 Å². The summed E-state index contributed by atoms with van der Waals surface area (Å²) in [7, 11) is 2.16.